The number of aryl methyl sites for hydroxylation is 1. The van der Waals surface area contributed by atoms with Gasteiger partial charge in [0, 0.05) is 0 Å². The summed E-state index contributed by atoms with van der Waals surface area (Å²) in [4.78, 5) is 8.12. The number of hydrogen-bond acceptors (Lipinski definition) is 4. The highest BCUT2D eigenvalue weighted by Gasteiger charge is 2.08. The Kier molecular flexibility index (Phi) is 4.09. The van der Waals surface area contributed by atoms with E-state index in [1.54, 1.807) is 12.3 Å². The summed E-state index contributed by atoms with van der Waals surface area (Å²) >= 11 is 19.0. The molecule has 2 rings (SSSR count). The van der Waals surface area contributed by atoms with Gasteiger partial charge in [-0.25, -0.2) is 9.97 Å². The molecule has 17 heavy (non-hydrogen) atoms. The molecular weight excluding hydrogens is 301 g/mol. The molecule has 2 heterocycles. The quantitative estimate of drug-likeness (QED) is 0.853. The molecule has 0 saturated heterocycles. The van der Waals surface area contributed by atoms with E-state index in [-0.39, 0.29) is 0 Å². The van der Waals surface area contributed by atoms with E-state index >= 15 is 0 Å². The number of nitrogens with one attached hydrogen (secondary N) is 1. The van der Waals surface area contributed by atoms with Crippen LogP contribution in [0.5, 0.6) is 0 Å². The van der Waals surface area contributed by atoms with Gasteiger partial charge in [0.25, 0.3) is 0 Å². The molecule has 2 aromatic rings. The van der Waals surface area contributed by atoms with Crippen LogP contribution in [-0.2, 0) is 6.54 Å². The topological polar surface area (TPSA) is 37.8 Å². The van der Waals surface area contributed by atoms with Gasteiger partial charge >= 0.3 is 0 Å². The fraction of sp³-hybridized carbons (Fsp3) is 0.200. The van der Waals surface area contributed by atoms with Crippen molar-refractivity contribution in [1.29, 1.82) is 0 Å². The standard InChI is InChI=1S/C10H8Cl3N3S/c1-5-2-6(11)16-10(13)9(5)15-4-8-14-3-7(12)17-8/h2-3,15H,4H2,1H3. The number of aromatic nitrogens is 2. The average molecular weight is 309 g/mol. The van der Waals surface area contributed by atoms with E-state index in [0.29, 0.717) is 21.2 Å². The van der Waals surface area contributed by atoms with Gasteiger partial charge in [-0.15, -0.1) is 11.3 Å². The molecule has 0 spiro atoms. The Labute approximate surface area is 118 Å². The van der Waals surface area contributed by atoms with Crippen molar-refractivity contribution in [3.63, 3.8) is 0 Å². The van der Waals surface area contributed by atoms with E-state index in [1.165, 1.54) is 11.3 Å². The minimum Gasteiger partial charge on any atom is -0.376 e. The Bertz CT molecular complexity index is 518. The SMILES string of the molecule is Cc1cc(Cl)nc(Cl)c1NCc1ncc(Cl)s1. The van der Waals surface area contributed by atoms with Crippen LogP contribution in [0.15, 0.2) is 12.3 Å². The number of rotatable bonds is 3. The van der Waals surface area contributed by atoms with E-state index in [1.807, 2.05) is 6.92 Å². The summed E-state index contributed by atoms with van der Waals surface area (Å²) in [7, 11) is 0. The van der Waals surface area contributed by atoms with Crippen molar-refractivity contribution in [3.8, 4) is 0 Å². The maximum absolute atomic E-state index is 6.01. The smallest absolute Gasteiger partial charge is 0.154 e. The second kappa shape index (κ2) is 5.40. The molecule has 0 radical (unpaired) electrons. The maximum Gasteiger partial charge on any atom is 0.154 e. The molecule has 2 aromatic heterocycles. The highest BCUT2D eigenvalue weighted by Crippen LogP contribution is 2.27. The van der Waals surface area contributed by atoms with Crippen molar-refractivity contribution in [2.24, 2.45) is 0 Å². The molecule has 0 aliphatic rings. The molecule has 0 aliphatic heterocycles. The molecule has 0 aromatic carbocycles. The number of thiazole rings is 1. The van der Waals surface area contributed by atoms with E-state index in [4.69, 9.17) is 34.8 Å². The third-order valence-corrected chi connectivity index (χ3v) is 3.66. The Morgan fingerprint density at radius 1 is 1.35 bits per heavy atom. The zero-order chi connectivity index (χ0) is 12.4. The summed E-state index contributed by atoms with van der Waals surface area (Å²) in [5.74, 6) is 0. The lowest BCUT2D eigenvalue weighted by Crippen LogP contribution is -2.02. The summed E-state index contributed by atoms with van der Waals surface area (Å²) in [5, 5.41) is 4.81. The zero-order valence-electron chi connectivity index (χ0n) is 8.80. The van der Waals surface area contributed by atoms with Crippen molar-refractivity contribution in [1.82, 2.24) is 9.97 Å². The largest absolute Gasteiger partial charge is 0.376 e. The van der Waals surface area contributed by atoms with Crippen LogP contribution in [-0.4, -0.2) is 9.97 Å². The molecule has 0 bridgehead atoms. The molecular formula is C10H8Cl3N3S. The molecule has 1 N–H and O–H groups in total. The Balaban J connectivity index is 2.14. The van der Waals surface area contributed by atoms with Crippen molar-refractivity contribution in [3.05, 3.63) is 37.5 Å². The molecule has 0 saturated carbocycles. The second-order valence-corrected chi connectivity index (χ2v) is 5.83. The maximum atomic E-state index is 6.01. The summed E-state index contributed by atoms with van der Waals surface area (Å²) in [6, 6.07) is 1.75. The van der Waals surface area contributed by atoms with Crippen LogP contribution in [0.1, 0.15) is 10.6 Å². The highest BCUT2D eigenvalue weighted by atomic mass is 35.5. The van der Waals surface area contributed by atoms with E-state index < -0.39 is 0 Å². The molecule has 0 unspecified atom stereocenters. The molecule has 3 nitrogen and oxygen atoms in total. The lowest BCUT2D eigenvalue weighted by atomic mass is 10.2. The molecule has 0 amide bonds. The highest BCUT2D eigenvalue weighted by molar-refractivity contribution is 7.15. The Morgan fingerprint density at radius 2 is 2.12 bits per heavy atom. The van der Waals surface area contributed by atoms with Gasteiger partial charge in [0.15, 0.2) is 5.15 Å². The third kappa shape index (κ3) is 3.22. The van der Waals surface area contributed by atoms with E-state index in [2.05, 4.69) is 15.3 Å². The van der Waals surface area contributed by atoms with Gasteiger partial charge < -0.3 is 5.32 Å². The van der Waals surface area contributed by atoms with Gasteiger partial charge in [-0.2, -0.15) is 0 Å². The summed E-state index contributed by atoms with van der Waals surface area (Å²) in [6.07, 6.45) is 1.62. The van der Waals surface area contributed by atoms with Crippen LogP contribution in [0, 0.1) is 6.92 Å². The van der Waals surface area contributed by atoms with Crippen LogP contribution in [0.25, 0.3) is 0 Å². The molecule has 0 atom stereocenters. The first kappa shape index (κ1) is 12.9. The van der Waals surface area contributed by atoms with Crippen molar-refractivity contribution < 1.29 is 0 Å². The summed E-state index contributed by atoms with van der Waals surface area (Å²) in [5.41, 5.74) is 1.71. The fourth-order valence-corrected chi connectivity index (χ4v) is 2.84. The zero-order valence-corrected chi connectivity index (χ0v) is 11.9. The predicted molar refractivity (Wildman–Crippen MR) is 73.4 cm³/mol. The van der Waals surface area contributed by atoms with Gasteiger partial charge in [-0.1, -0.05) is 34.8 Å². The number of halogens is 3. The number of pyridine rings is 1. The number of anilines is 1. The van der Waals surface area contributed by atoms with E-state index in [9.17, 15) is 0 Å². The van der Waals surface area contributed by atoms with Crippen molar-refractivity contribution in [2.45, 2.75) is 13.5 Å². The summed E-state index contributed by atoms with van der Waals surface area (Å²) in [6.45, 7) is 2.47. The number of hydrogen-bond donors (Lipinski definition) is 1. The van der Waals surface area contributed by atoms with Gasteiger partial charge in [0.1, 0.15) is 14.5 Å². The molecule has 0 fully saturated rings. The monoisotopic (exact) mass is 307 g/mol. The average Bonchev–Trinajstić information content (AvgIpc) is 2.62. The van der Waals surface area contributed by atoms with Crippen molar-refractivity contribution >= 4 is 51.8 Å². The lowest BCUT2D eigenvalue weighted by Gasteiger charge is -2.09. The lowest BCUT2D eigenvalue weighted by molar-refractivity contribution is 1.09. The van der Waals surface area contributed by atoms with Crippen LogP contribution < -0.4 is 5.32 Å². The van der Waals surface area contributed by atoms with Gasteiger partial charge in [-0.05, 0) is 18.6 Å². The van der Waals surface area contributed by atoms with Gasteiger partial charge in [0.2, 0.25) is 0 Å². The first-order valence-electron chi connectivity index (χ1n) is 4.73. The Hall–Kier alpha value is -0.550. The van der Waals surface area contributed by atoms with Crippen LogP contribution in [0.2, 0.25) is 14.6 Å². The van der Waals surface area contributed by atoms with Gasteiger partial charge in [0.05, 0.1) is 18.4 Å². The van der Waals surface area contributed by atoms with Crippen molar-refractivity contribution in [2.75, 3.05) is 5.32 Å². The first-order valence-corrected chi connectivity index (χ1v) is 6.68. The van der Waals surface area contributed by atoms with Crippen LogP contribution in [0.4, 0.5) is 5.69 Å². The number of nitrogens with zero attached hydrogens (tertiary/aromatic N) is 2. The molecule has 0 aliphatic carbocycles. The Morgan fingerprint density at radius 3 is 2.71 bits per heavy atom. The minimum atomic E-state index is 0.359. The van der Waals surface area contributed by atoms with Gasteiger partial charge in [-0.3, -0.25) is 0 Å². The summed E-state index contributed by atoms with van der Waals surface area (Å²) < 4.78 is 0.666. The third-order valence-electron chi connectivity index (χ3n) is 2.08. The minimum absolute atomic E-state index is 0.359. The molecule has 90 valence electrons. The van der Waals surface area contributed by atoms with E-state index in [0.717, 1.165) is 16.3 Å². The predicted octanol–water partition coefficient (Wildman–Crippen LogP) is 4.42. The second-order valence-electron chi connectivity index (χ2n) is 3.34. The van der Waals surface area contributed by atoms with Crippen LogP contribution in [0.3, 0.4) is 0 Å². The normalized spacial score (nSPS) is 10.6. The first-order chi connectivity index (χ1) is 8.06. The van der Waals surface area contributed by atoms with Crippen LogP contribution >= 0.6 is 46.1 Å². The molecule has 7 heteroatoms. The fourth-order valence-electron chi connectivity index (χ4n) is 1.34.